The number of nitrogens with one attached hydrogen (secondary N) is 1. The van der Waals surface area contributed by atoms with Crippen molar-refractivity contribution >= 4 is 0 Å². The highest BCUT2D eigenvalue weighted by Crippen LogP contribution is 2.20. The predicted octanol–water partition coefficient (Wildman–Crippen LogP) is 1.73. The molecule has 1 N–H and O–H groups in total. The zero-order valence-corrected chi connectivity index (χ0v) is 11.2. The molecule has 2 atom stereocenters. The molecule has 3 heteroatoms. The average Bonchev–Trinajstić information content (AvgIpc) is 2.28. The number of rotatable bonds is 7. The maximum Gasteiger partial charge on any atom is 0.0587 e. The molecule has 3 nitrogen and oxygen atoms in total. The Hall–Kier alpha value is -0.120. The van der Waals surface area contributed by atoms with Crippen LogP contribution in [0.15, 0.2) is 0 Å². The Morgan fingerprint density at radius 3 is 2.81 bits per heavy atom. The van der Waals surface area contributed by atoms with Crippen LogP contribution in [0.4, 0.5) is 0 Å². The molecule has 0 aromatic heterocycles. The molecule has 2 unspecified atom stereocenters. The summed E-state index contributed by atoms with van der Waals surface area (Å²) in [7, 11) is 1.75. The first-order valence-electron chi connectivity index (χ1n) is 6.67. The SMILES string of the molecule is COCCNCCCN1CC(C)CCC1C. The number of likely N-dealkylation sites (tertiary alicyclic amines) is 1. The van der Waals surface area contributed by atoms with Crippen molar-refractivity contribution in [3.63, 3.8) is 0 Å². The Morgan fingerprint density at radius 2 is 2.06 bits per heavy atom. The van der Waals surface area contributed by atoms with E-state index >= 15 is 0 Å². The first-order chi connectivity index (χ1) is 7.74. The molecule has 0 aliphatic carbocycles. The van der Waals surface area contributed by atoms with Gasteiger partial charge >= 0.3 is 0 Å². The van der Waals surface area contributed by atoms with Crippen LogP contribution < -0.4 is 5.32 Å². The summed E-state index contributed by atoms with van der Waals surface area (Å²) in [4.78, 5) is 2.65. The van der Waals surface area contributed by atoms with Gasteiger partial charge in [-0.05, 0) is 45.2 Å². The third-order valence-corrected chi connectivity index (χ3v) is 3.53. The highest BCUT2D eigenvalue weighted by Gasteiger charge is 2.21. The molecule has 0 aromatic carbocycles. The van der Waals surface area contributed by atoms with Crippen LogP contribution in [0.25, 0.3) is 0 Å². The van der Waals surface area contributed by atoms with Crippen LogP contribution in [0.3, 0.4) is 0 Å². The summed E-state index contributed by atoms with van der Waals surface area (Å²) in [5.74, 6) is 0.887. The summed E-state index contributed by atoms with van der Waals surface area (Å²) in [5, 5.41) is 3.40. The normalized spacial score (nSPS) is 27.2. The number of methoxy groups -OCH3 is 1. The van der Waals surface area contributed by atoms with E-state index in [1.54, 1.807) is 7.11 Å². The number of nitrogens with zero attached hydrogens (tertiary/aromatic N) is 1. The van der Waals surface area contributed by atoms with Crippen LogP contribution in [0.5, 0.6) is 0 Å². The second-order valence-electron chi connectivity index (χ2n) is 5.12. The highest BCUT2D eigenvalue weighted by atomic mass is 16.5. The molecule has 0 radical (unpaired) electrons. The smallest absolute Gasteiger partial charge is 0.0587 e. The van der Waals surface area contributed by atoms with E-state index in [0.717, 1.165) is 31.7 Å². The average molecular weight is 228 g/mol. The minimum Gasteiger partial charge on any atom is -0.383 e. The largest absolute Gasteiger partial charge is 0.383 e. The van der Waals surface area contributed by atoms with E-state index in [4.69, 9.17) is 4.74 Å². The van der Waals surface area contributed by atoms with Crippen molar-refractivity contribution in [2.45, 2.75) is 39.2 Å². The molecule has 1 saturated heterocycles. The Kier molecular flexibility index (Phi) is 7.01. The molecule has 0 amide bonds. The molecule has 0 spiro atoms. The van der Waals surface area contributed by atoms with Gasteiger partial charge in [0.05, 0.1) is 6.61 Å². The third-order valence-electron chi connectivity index (χ3n) is 3.53. The van der Waals surface area contributed by atoms with E-state index in [0.29, 0.717) is 0 Å². The van der Waals surface area contributed by atoms with Gasteiger partial charge in [0.15, 0.2) is 0 Å². The molecule has 1 heterocycles. The van der Waals surface area contributed by atoms with Gasteiger partial charge in [-0.2, -0.15) is 0 Å². The molecule has 1 aliphatic rings. The number of hydrogen-bond acceptors (Lipinski definition) is 3. The van der Waals surface area contributed by atoms with E-state index in [9.17, 15) is 0 Å². The lowest BCUT2D eigenvalue weighted by Gasteiger charge is -2.36. The summed E-state index contributed by atoms with van der Waals surface area (Å²) < 4.78 is 5.00. The molecule has 96 valence electrons. The van der Waals surface area contributed by atoms with Crippen molar-refractivity contribution in [1.82, 2.24) is 10.2 Å². The van der Waals surface area contributed by atoms with Crippen LogP contribution in [-0.2, 0) is 4.74 Å². The summed E-state index contributed by atoms with van der Waals surface area (Å²) >= 11 is 0. The summed E-state index contributed by atoms with van der Waals surface area (Å²) in [5.41, 5.74) is 0. The van der Waals surface area contributed by atoms with Gasteiger partial charge < -0.3 is 15.0 Å². The zero-order chi connectivity index (χ0) is 11.8. The van der Waals surface area contributed by atoms with E-state index in [1.807, 2.05) is 0 Å². The molecule has 0 bridgehead atoms. The van der Waals surface area contributed by atoms with Crippen molar-refractivity contribution in [3.8, 4) is 0 Å². The molecule has 1 aliphatic heterocycles. The molecule has 0 saturated carbocycles. The van der Waals surface area contributed by atoms with Crippen molar-refractivity contribution < 1.29 is 4.74 Å². The Labute approximate surface area is 101 Å². The van der Waals surface area contributed by atoms with Crippen LogP contribution in [0.2, 0.25) is 0 Å². The summed E-state index contributed by atoms with van der Waals surface area (Å²) in [6.45, 7) is 10.2. The molecule has 16 heavy (non-hydrogen) atoms. The Balaban J connectivity index is 2.02. The Morgan fingerprint density at radius 1 is 1.25 bits per heavy atom. The number of ether oxygens (including phenoxy) is 1. The lowest BCUT2D eigenvalue weighted by molar-refractivity contribution is 0.123. The van der Waals surface area contributed by atoms with Gasteiger partial charge in [-0.1, -0.05) is 6.92 Å². The summed E-state index contributed by atoms with van der Waals surface area (Å²) in [6, 6.07) is 0.787. The van der Waals surface area contributed by atoms with Gasteiger partial charge in [0.1, 0.15) is 0 Å². The second-order valence-corrected chi connectivity index (χ2v) is 5.12. The van der Waals surface area contributed by atoms with E-state index < -0.39 is 0 Å². The molecule has 1 fully saturated rings. The maximum atomic E-state index is 5.00. The van der Waals surface area contributed by atoms with E-state index in [1.165, 1.54) is 32.4 Å². The van der Waals surface area contributed by atoms with Gasteiger partial charge in [0, 0.05) is 26.2 Å². The first-order valence-corrected chi connectivity index (χ1v) is 6.67. The minimum atomic E-state index is 0.787. The van der Waals surface area contributed by atoms with Crippen molar-refractivity contribution in [1.29, 1.82) is 0 Å². The molecular weight excluding hydrogens is 200 g/mol. The molecule has 0 aromatic rings. The topological polar surface area (TPSA) is 24.5 Å². The van der Waals surface area contributed by atoms with Crippen molar-refractivity contribution in [2.24, 2.45) is 5.92 Å². The van der Waals surface area contributed by atoms with Crippen LogP contribution in [0, 0.1) is 5.92 Å². The fourth-order valence-corrected chi connectivity index (χ4v) is 2.40. The van der Waals surface area contributed by atoms with Gasteiger partial charge in [-0.25, -0.2) is 0 Å². The van der Waals surface area contributed by atoms with E-state index in [2.05, 4.69) is 24.1 Å². The lowest BCUT2D eigenvalue weighted by atomic mass is 9.95. The van der Waals surface area contributed by atoms with Crippen molar-refractivity contribution in [3.05, 3.63) is 0 Å². The van der Waals surface area contributed by atoms with Crippen LogP contribution in [-0.4, -0.2) is 50.8 Å². The quantitative estimate of drug-likeness (QED) is 0.672. The highest BCUT2D eigenvalue weighted by molar-refractivity contribution is 4.76. The summed E-state index contributed by atoms with van der Waals surface area (Å²) in [6.07, 6.45) is 4.03. The van der Waals surface area contributed by atoms with E-state index in [-0.39, 0.29) is 0 Å². The second kappa shape index (κ2) is 8.04. The lowest BCUT2D eigenvalue weighted by Crippen LogP contribution is -2.42. The molecular formula is C13H28N2O. The van der Waals surface area contributed by atoms with Gasteiger partial charge in [-0.15, -0.1) is 0 Å². The fraction of sp³-hybridized carbons (Fsp3) is 1.00. The Bertz CT molecular complexity index is 175. The van der Waals surface area contributed by atoms with Crippen LogP contribution in [0.1, 0.15) is 33.1 Å². The monoisotopic (exact) mass is 228 g/mol. The number of piperidine rings is 1. The van der Waals surface area contributed by atoms with Gasteiger partial charge in [0.25, 0.3) is 0 Å². The fourth-order valence-electron chi connectivity index (χ4n) is 2.40. The van der Waals surface area contributed by atoms with Gasteiger partial charge in [-0.3, -0.25) is 0 Å². The number of hydrogen-bond donors (Lipinski definition) is 1. The standard InChI is InChI=1S/C13H28N2O/c1-12-5-6-13(2)15(11-12)9-4-7-14-8-10-16-3/h12-14H,4-11H2,1-3H3. The van der Waals surface area contributed by atoms with Crippen LogP contribution >= 0.6 is 0 Å². The van der Waals surface area contributed by atoms with Crippen molar-refractivity contribution in [2.75, 3.05) is 39.9 Å². The first kappa shape index (κ1) is 13.9. The minimum absolute atomic E-state index is 0.787. The maximum absolute atomic E-state index is 5.00. The molecule has 1 rings (SSSR count). The predicted molar refractivity (Wildman–Crippen MR) is 68.8 cm³/mol. The zero-order valence-electron chi connectivity index (χ0n) is 11.2. The third kappa shape index (κ3) is 5.28. The van der Waals surface area contributed by atoms with Gasteiger partial charge in [0.2, 0.25) is 0 Å².